The highest BCUT2D eigenvalue weighted by atomic mass is 32.2. The molecule has 1 aliphatic rings. The highest BCUT2D eigenvalue weighted by molar-refractivity contribution is 7.99. The number of benzene rings is 5. The van der Waals surface area contributed by atoms with Gasteiger partial charge in [-0.3, -0.25) is 10.0 Å². The van der Waals surface area contributed by atoms with Crippen molar-refractivity contribution < 1.29 is 60.7 Å². The van der Waals surface area contributed by atoms with Gasteiger partial charge in [-0.2, -0.15) is 0 Å². The average Bonchev–Trinajstić information content (AvgIpc) is 3.75. The van der Waals surface area contributed by atoms with Gasteiger partial charge in [-0.25, -0.2) is 17.6 Å². The molecule has 3 unspecified atom stereocenters. The molecule has 3 atom stereocenters. The van der Waals surface area contributed by atoms with Gasteiger partial charge in [-0.05, 0) is 85.5 Å². The predicted octanol–water partition coefficient (Wildman–Crippen LogP) is 10.2. The topological polar surface area (TPSA) is 105 Å². The number of nitrogens with zero attached hydrogens (tertiary/aromatic N) is 1. The summed E-state index contributed by atoms with van der Waals surface area (Å²) in [6.07, 6.45) is 0.238. The van der Waals surface area contributed by atoms with Crippen LogP contribution in [0.15, 0.2) is 89.8 Å². The van der Waals surface area contributed by atoms with Crippen molar-refractivity contribution >= 4 is 17.7 Å². The summed E-state index contributed by atoms with van der Waals surface area (Å²) in [5.41, 5.74) is 0.813. The highest BCUT2D eigenvalue weighted by Crippen LogP contribution is 2.48. The molecule has 1 saturated heterocycles. The molecule has 10 nitrogen and oxygen atoms in total. The number of hydrogen-bond donors (Lipinski definition) is 1. The lowest BCUT2D eigenvalue weighted by Gasteiger charge is -2.22. The molecule has 1 N–H and O–H groups in total. The molecule has 0 radical (unpaired) electrons. The molecular weight excluding hydrogens is 795 g/mol. The summed E-state index contributed by atoms with van der Waals surface area (Å²) in [5, 5.41) is 11.0. The van der Waals surface area contributed by atoms with Crippen molar-refractivity contribution in [3.63, 3.8) is 0 Å². The first-order valence-electron chi connectivity index (χ1n) is 18.1. The number of para-hydroxylation sites is 1. The normalized spacial score (nSPS) is 15.1. The Morgan fingerprint density at radius 3 is 1.95 bits per heavy atom. The Balaban J connectivity index is 1.28. The standard InChI is InChI=1S/C44H39F4NO9S/c1-25(59-43-39(47)32(45)24-33(46)40(43)48)56-41-26(12-10-18-49(51)44(50)27-11-9-15-31(20-27)57-30-13-7-6-8-14-30)19-28(21-36(41)52-2)34-16-17-35(58-34)29-22-37(53-3)42(55-5)38(23-29)54-4/h6-9,11,13-15,19-25,34-35,51H,12,16-17H2,1-5H3. The molecule has 308 valence electrons. The van der Waals surface area contributed by atoms with Crippen LogP contribution in [0.5, 0.6) is 40.2 Å². The van der Waals surface area contributed by atoms with E-state index >= 15 is 0 Å². The van der Waals surface area contributed by atoms with Crippen molar-refractivity contribution in [3.8, 4) is 52.2 Å². The quantitative estimate of drug-likeness (QED) is 0.0170. The third-order valence-corrected chi connectivity index (χ3v) is 10.2. The second kappa shape index (κ2) is 19.1. The molecular formula is C44H39F4NO9S. The van der Waals surface area contributed by atoms with Crippen molar-refractivity contribution in [2.75, 3.05) is 28.4 Å². The summed E-state index contributed by atoms with van der Waals surface area (Å²) in [4.78, 5) is 12.3. The maximum absolute atomic E-state index is 14.6. The van der Waals surface area contributed by atoms with Gasteiger partial charge in [0.2, 0.25) is 5.75 Å². The molecule has 1 aliphatic heterocycles. The number of carbonyl (C=O) groups excluding carboxylic acids is 1. The summed E-state index contributed by atoms with van der Waals surface area (Å²) >= 11 is 0.415. The molecule has 5 aromatic carbocycles. The zero-order valence-corrected chi connectivity index (χ0v) is 33.3. The van der Waals surface area contributed by atoms with Crippen molar-refractivity contribution in [3.05, 3.63) is 130 Å². The van der Waals surface area contributed by atoms with Crippen molar-refractivity contribution in [2.45, 2.75) is 48.7 Å². The van der Waals surface area contributed by atoms with Crippen LogP contribution in [0, 0.1) is 35.2 Å². The molecule has 1 heterocycles. The number of thioether (sulfide) groups is 1. The molecule has 5 aromatic rings. The van der Waals surface area contributed by atoms with Crippen molar-refractivity contribution in [1.29, 1.82) is 0 Å². The van der Waals surface area contributed by atoms with Crippen LogP contribution in [0.2, 0.25) is 0 Å². The summed E-state index contributed by atoms with van der Waals surface area (Å²) < 4.78 is 98.0. The predicted molar refractivity (Wildman–Crippen MR) is 210 cm³/mol. The first-order chi connectivity index (χ1) is 28.4. The Morgan fingerprint density at radius 2 is 1.36 bits per heavy atom. The van der Waals surface area contributed by atoms with Gasteiger partial charge in [-0.1, -0.05) is 41.9 Å². The van der Waals surface area contributed by atoms with E-state index in [4.69, 9.17) is 33.2 Å². The molecule has 0 spiro atoms. The van der Waals surface area contributed by atoms with E-state index in [0.29, 0.717) is 64.5 Å². The number of rotatable bonds is 14. The van der Waals surface area contributed by atoms with E-state index in [9.17, 15) is 27.6 Å². The molecule has 0 aliphatic carbocycles. The third kappa shape index (κ3) is 9.80. The summed E-state index contributed by atoms with van der Waals surface area (Å²) in [7, 11) is 5.94. The number of methoxy groups -OCH3 is 4. The molecule has 59 heavy (non-hydrogen) atoms. The maximum Gasteiger partial charge on any atom is 0.289 e. The van der Waals surface area contributed by atoms with Crippen molar-refractivity contribution in [2.24, 2.45) is 0 Å². The van der Waals surface area contributed by atoms with Crippen LogP contribution in [0.3, 0.4) is 0 Å². The summed E-state index contributed by atoms with van der Waals surface area (Å²) in [5.74, 6) is -1.74. The van der Waals surface area contributed by atoms with E-state index in [1.54, 1.807) is 48.5 Å². The molecule has 6 rings (SSSR count). The number of hydrogen-bond acceptors (Lipinski definition) is 10. The smallest absolute Gasteiger partial charge is 0.289 e. The number of halogens is 4. The lowest BCUT2D eigenvalue weighted by atomic mass is 9.99. The third-order valence-electron chi connectivity index (χ3n) is 9.18. The van der Waals surface area contributed by atoms with Gasteiger partial charge < -0.3 is 33.2 Å². The van der Waals surface area contributed by atoms with Crippen LogP contribution in [-0.2, 0) is 11.2 Å². The molecule has 0 saturated carbocycles. The highest BCUT2D eigenvalue weighted by Gasteiger charge is 2.32. The van der Waals surface area contributed by atoms with Gasteiger partial charge in [0.05, 0.1) is 45.5 Å². The molecule has 1 amide bonds. The van der Waals surface area contributed by atoms with Crippen LogP contribution in [0.25, 0.3) is 0 Å². The van der Waals surface area contributed by atoms with E-state index in [2.05, 4.69) is 12.0 Å². The number of ether oxygens (including phenoxy) is 7. The number of carbonyl (C=O) groups is 1. The van der Waals surface area contributed by atoms with Gasteiger partial charge >= 0.3 is 0 Å². The monoisotopic (exact) mass is 833 g/mol. The molecule has 15 heteroatoms. The first-order valence-corrected chi connectivity index (χ1v) is 19.0. The fourth-order valence-electron chi connectivity index (χ4n) is 6.41. The average molecular weight is 834 g/mol. The minimum atomic E-state index is -1.57. The number of hydroxylamine groups is 2. The number of amides is 1. The zero-order valence-electron chi connectivity index (χ0n) is 32.5. The van der Waals surface area contributed by atoms with Crippen molar-refractivity contribution in [1.82, 2.24) is 5.06 Å². The second-order valence-electron chi connectivity index (χ2n) is 13.0. The van der Waals surface area contributed by atoms with Gasteiger partial charge in [0.1, 0.15) is 16.9 Å². The maximum atomic E-state index is 14.6. The molecule has 1 fully saturated rings. The Morgan fingerprint density at radius 1 is 0.780 bits per heavy atom. The SMILES string of the molecule is COc1cc(C2CCC(c3cc(OC)c(OC)c(OC)c3)O2)cc(CC#CN(O)C(=O)c2cccc(Oc3ccccc3)c2)c1OC(C)Sc1c(F)c(F)cc(F)c1F. The van der Waals surface area contributed by atoms with E-state index in [1.807, 2.05) is 18.2 Å². The summed E-state index contributed by atoms with van der Waals surface area (Å²) in [6, 6.07) is 24.8. The van der Waals surface area contributed by atoms with Crippen LogP contribution >= 0.6 is 11.8 Å². The van der Waals surface area contributed by atoms with Gasteiger partial charge in [-0.15, -0.1) is 5.06 Å². The van der Waals surface area contributed by atoms with Crippen LogP contribution in [-0.4, -0.2) is 50.1 Å². The fourth-order valence-corrected chi connectivity index (χ4v) is 7.29. The molecule has 0 aromatic heterocycles. The minimum absolute atomic E-state index is 0.0870. The Bertz CT molecular complexity index is 2320. The largest absolute Gasteiger partial charge is 0.493 e. The van der Waals surface area contributed by atoms with E-state index < -0.39 is 45.6 Å². The Labute approximate surface area is 342 Å². The van der Waals surface area contributed by atoms with Gasteiger partial charge in [0, 0.05) is 29.7 Å². The van der Waals surface area contributed by atoms with Gasteiger partial charge in [0.15, 0.2) is 46.3 Å². The van der Waals surface area contributed by atoms with Crippen LogP contribution in [0.1, 0.15) is 59.0 Å². The van der Waals surface area contributed by atoms with Gasteiger partial charge in [0.25, 0.3) is 5.91 Å². The van der Waals surface area contributed by atoms with E-state index in [-0.39, 0.29) is 40.7 Å². The Hall–Kier alpha value is -6.08. The van der Waals surface area contributed by atoms with E-state index in [0.717, 1.165) is 5.56 Å². The fraction of sp³-hybridized carbons (Fsp3) is 0.250. The summed E-state index contributed by atoms with van der Waals surface area (Å²) in [6.45, 7) is 1.43. The lowest BCUT2D eigenvalue weighted by molar-refractivity contribution is -0.0118. The lowest BCUT2D eigenvalue weighted by Crippen LogP contribution is -2.22. The zero-order chi connectivity index (χ0) is 42.2. The first kappa shape index (κ1) is 42.5. The second-order valence-corrected chi connectivity index (χ2v) is 14.3. The molecule has 0 bridgehead atoms. The van der Waals surface area contributed by atoms with Crippen LogP contribution in [0.4, 0.5) is 17.6 Å². The minimum Gasteiger partial charge on any atom is -0.493 e. The van der Waals surface area contributed by atoms with Crippen LogP contribution < -0.4 is 28.4 Å². The Kier molecular flexibility index (Phi) is 13.8. The van der Waals surface area contributed by atoms with E-state index in [1.165, 1.54) is 47.5 Å².